The van der Waals surface area contributed by atoms with E-state index in [9.17, 15) is 13.2 Å². The minimum Gasteiger partial charge on any atom is -0.325 e. The number of nitrogens with one attached hydrogen (secondary N) is 2. The minimum absolute atomic E-state index is 0.323. The number of rotatable bonds is 6. The molecule has 2 N–H and O–H groups in total. The van der Waals surface area contributed by atoms with E-state index in [4.69, 9.17) is 0 Å². The Morgan fingerprint density at radius 2 is 1.55 bits per heavy atom. The molecule has 0 saturated heterocycles. The van der Waals surface area contributed by atoms with Crippen molar-refractivity contribution in [3.8, 4) is 0 Å². The molecule has 22 heavy (non-hydrogen) atoms. The standard InChI is InChI=1S/C16H16N2O3S/c19-16(18-15-9-5-2-6-10-15)13-17-22(20,21)12-11-14-7-3-1-4-8-14/h1-12,17H,13H2,(H,18,19)/b12-11+. The quantitative estimate of drug-likeness (QED) is 0.858. The van der Waals surface area contributed by atoms with Crippen molar-refractivity contribution < 1.29 is 13.2 Å². The topological polar surface area (TPSA) is 75.3 Å². The Hall–Kier alpha value is -2.44. The third-order valence-electron chi connectivity index (χ3n) is 2.73. The van der Waals surface area contributed by atoms with Gasteiger partial charge in [0, 0.05) is 11.1 Å². The fourth-order valence-corrected chi connectivity index (χ4v) is 2.44. The first-order valence-corrected chi connectivity index (χ1v) is 8.17. The molecule has 0 aromatic heterocycles. The molecule has 5 nitrogen and oxygen atoms in total. The highest BCUT2D eigenvalue weighted by molar-refractivity contribution is 7.92. The first-order valence-electron chi connectivity index (χ1n) is 6.63. The van der Waals surface area contributed by atoms with Gasteiger partial charge in [0.05, 0.1) is 6.54 Å². The van der Waals surface area contributed by atoms with Crippen LogP contribution >= 0.6 is 0 Å². The summed E-state index contributed by atoms with van der Waals surface area (Å²) >= 11 is 0. The molecule has 0 aliphatic heterocycles. The minimum atomic E-state index is -3.66. The Morgan fingerprint density at radius 3 is 2.18 bits per heavy atom. The van der Waals surface area contributed by atoms with E-state index in [1.807, 2.05) is 24.3 Å². The lowest BCUT2D eigenvalue weighted by Gasteiger charge is -2.05. The third kappa shape index (κ3) is 5.51. The molecule has 0 unspecified atom stereocenters. The smallest absolute Gasteiger partial charge is 0.239 e. The summed E-state index contributed by atoms with van der Waals surface area (Å²) in [6, 6.07) is 17.9. The Kier molecular flexibility index (Phi) is 5.46. The molecule has 114 valence electrons. The monoisotopic (exact) mass is 316 g/mol. The molecule has 6 heteroatoms. The van der Waals surface area contributed by atoms with Crippen LogP contribution in [0.4, 0.5) is 5.69 Å². The first kappa shape index (κ1) is 15.9. The van der Waals surface area contributed by atoms with Crippen LogP contribution in [-0.4, -0.2) is 20.9 Å². The van der Waals surface area contributed by atoms with E-state index < -0.39 is 15.9 Å². The fraction of sp³-hybridized carbons (Fsp3) is 0.0625. The predicted molar refractivity (Wildman–Crippen MR) is 87.5 cm³/mol. The van der Waals surface area contributed by atoms with Gasteiger partial charge in [-0.3, -0.25) is 4.79 Å². The Balaban J connectivity index is 1.87. The van der Waals surface area contributed by atoms with Crippen molar-refractivity contribution in [2.75, 3.05) is 11.9 Å². The predicted octanol–water partition coefficient (Wildman–Crippen LogP) is 2.22. The van der Waals surface area contributed by atoms with Gasteiger partial charge < -0.3 is 5.32 Å². The van der Waals surface area contributed by atoms with Crippen molar-refractivity contribution in [2.24, 2.45) is 0 Å². The van der Waals surface area contributed by atoms with E-state index in [1.165, 1.54) is 6.08 Å². The van der Waals surface area contributed by atoms with Crippen molar-refractivity contribution in [1.82, 2.24) is 4.72 Å². The highest BCUT2D eigenvalue weighted by Gasteiger charge is 2.08. The number of benzene rings is 2. The fourth-order valence-electron chi connectivity index (χ4n) is 1.67. The summed E-state index contributed by atoms with van der Waals surface area (Å²) in [6.45, 7) is -0.323. The maximum absolute atomic E-state index is 11.8. The van der Waals surface area contributed by atoms with Gasteiger partial charge in [-0.2, -0.15) is 0 Å². The van der Waals surface area contributed by atoms with Gasteiger partial charge in [0.1, 0.15) is 0 Å². The van der Waals surface area contributed by atoms with E-state index in [1.54, 1.807) is 36.4 Å². The van der Waals surface area contributed by atoms with E-state index in [2.05, 4.69) is 10.0 Å². The van der Waals surface area contributed by atoms with Crippen molar-refractivity contribution in [3.63, 3.8) is 0 Å². The molecule has 0 heterocycles. The number of anilines is 1. The van der Waals surface area contributed by atoms with Crippen molar-refractivity contribution in [2.45, 2.75) is 0 Å². The van der Waals surface area contributed by atoms with E-state index >= 15 is 0 Å². The number of amides is 1. The zero-order valence-corrected chi connectivity index (χ0v) is 12.6. The lowest BCUT2D eigenvalue weighted by molar-refractivity contribution is -0.115. The molecule has 0 bridgehead atoms. The summed E-state index contributed by atoms with van der Waals surface area (Å²) in [5, 5.41) is 3.64. The molecule has 0 spiro atoms. The second-order valence-electron chi connectivity index (χ2n) is 4.49. The summed E-state index contributed by atoms with van der Waals surface area (Å²) in [5.41, 5.74) is 1.38. The van der Waals surface area contributed by atoms with E-state index in [0.29, 0.717) is 5.69 Å². The van der Waals surface area contributed by atoms with Crippen LogP contribution < -0.4 is 10.0 Å². The van der Waals surface area contributed by atoms with Gasteiger partial charge in [-0.15, -0.1) is 0 Å². The van der Waals surface area contributed by atoms with Gasteiger partial charge in [-0.05, 0) is 23.8 Å². The van der Waals surface area contributed by atoms with Crippen LogP contribution in [-0.2, 0) is 14.8 Å². The van der Waals surface area contributed by atoms with Crippen LogP contribution in [0.25, 0.3) is 6.08 Å². The van der Waals surface area contributed by atoms with E-state index in [-0.39, 0.29) is 6.54 Å². The summed E-state index contributed by atoms with van der Waals surface area (Å²) in [4.78, 5) is 11.7. The second kappa shape index (κ2) is 7.53. The Bertz CT molecular complexity index is 741. The van der Waals surface area contributed by atoms with Crippen LogP contribution in [0.3, 0.4) is 0 Å². The summed E-state index contributed by atoms with van der Waals surface area (Å²) in [7, 11) is -3.66. The van der Waals surface area contributed by atoms with Crippen LogP contribution in [0.5, 0.6) is 0 Å². The van der Waals surface area contributed by atoms with Gasteiger partial charge in [0.2, 0.25) is 15.9 Å². The molecule has 2 rings (SSSR count). The summed E-state index contributed by atoms with van der Waals surface area (Å²) in [5.74, 6) is -0.428. The molecule has 0 atom stereocenters. The maximum Gasteiger partial charge on any atom is 0.239 e. The number of hydrogen-bond acceptors (Lipinski definition) is 3. The largest absolute Gasteiger partial charge is 0.325 e. The molecule has 0 fully saturated rings. The van der Waals surface area contributed by atoms with Gasteiger partial charge in [0.15, 0.2) is 0 Å². The van der Waals surface area contributed by atoms with Crippen LogP contribution in [0, 0.1) is 0 Å². The molecule has 2 aromatic carbocycles. The van der Waals surface area contributed by atoms with Gasteiger partial charge in [0.25, 0.3) is 0 Å². The lowest BCUT2D eigenvalue weighted by atomic mass is 10.2. The molecular weight excluding hydrogens is 300 g/mol. The normalized spacial score (nSPS) is 11.5. The van der Waals surface area contributed by atoms with Gasteiger partial charge >= 0.3 is 0 Å². The molecule has 0 saturated carbocycles. The van der Waals surface area contributed by atoms with Crippen molar-refractivity contribution in [3.05, 3.63) is 71.6 Å². The third-order valence-corrected chi connectivity index (χ3v) is 3.77. The van der Waals surface area contributed by atoms with Gasteiger partial charge in [-0.25, -0.2) is 13.1 Å². The second-order valence-corrected chi connectivity index (χ2v) is 6.14. The zero-order chi connectivity index (χ0) is 15.8. The number of hydrogen-bond donors (Lipinski definition) is 2. The molecule has 2 aromatic rings. The zero-order valence-electron chi connectivity index (χ0n) is 11.8. The Labute approximate surface area is 129 Å². The number of para-hydroxylation sites is 1. The number of sulfonamides is 1. The van der Waals surface area contributed by atoms with Crippen LogP contribution in [0.2, 0.25) is 0 Å². The number of carbonyl (C=O) groups excluding carboxylic acids is 1. The molecule has 0 radical (unpaired) electrons. The lowest BCUT2D eigenvalue weighted by Crippen LogP contribution is -2.31. The Morgan fingerprint density at radius 1 is 0.955 bits per heavy atom. The highest BCUT2D eigenvalue weighted by atomic mass is 32.2. The van der Waals surface area contributed by atoms with Crippen LogP contribution in [0.15, 0.2) is 66.1 Å². The van der Waals surface area contributed by atoms with Gasteiger partial charge in [-0.1, -0.05) is 48.5 Å². The molecule has 0 aliphatic rings. The summed E-state index contributed by atoms with van der Waals surface area (Å²) < 4.78 is 25.8. The summed E-state index contributed by atoms with van der Waals surface area (Å²) in [6.07, 6.45) is 1.47. The molecule has 1 amide bonds. The average molecular weight is 316 g/mol. The first-order chi connectivity index (χ1) is 10.6. The highest BCUT2D eigenvalue weighted by Crippen LogP contribution is 2.05. The van der Waals surface area contributed by atoms with Crippen LogP contribution in [0.1, 0.15) is 5.56 Å². The number of carbonyl (C=O) groups is 1. The van der Waals surface area contributed by atoms with Crippen molar-refractivity contribution >= 4 is 27.7 Å². The molecular formula is C16H16N2O3S. The van der Waals surface area contributed by atoms with E-state index in [0.717, 1.165) is 11.0 Å². The average Bonchev–Trinajstić information content (AvgIpc) is 2.53. The molecule has 0 aliphatic carbocycles. The SMILES string of the molecule is O=C(CNS(=O)(=O)/C=C/c1ccccc1)Nc1ccccc1. The maximum atomic E-state index is 11.8. The van der Waals surface area contributed by atoms with Crippen molar-refractivity contribution in [1.29, 1.82) is 0 Å².